The van der Waals surface area contributed by atoms with Crippen molar-refractivity contribution in [1.82, 2.24) is 0 Å². The maximum absolute atomic E-state index is 13.6. The molecule has 1 N–H and O–H groups in total. The van der Waals surface area contributed by atoms with Gasteiger partial charge in [0.2, 0.25) is 0 Å². The van der Waals surface area contributed by atoms with Gasteiger partial charge in [0, 0.05) is 5.92 Å². The summed E-state index contributed by atoms with van der Waals surface area (Å²) in [5.74, 6) is -4.11. The average molecular weight is 254 g/mol. The normalized spacial score (nSPS) is 30.3. The van der Waals surface area contributed by atoms with Crippen LogP contribution in [0.4, 0.5) is 8.78 Å². The first kappa shape index (κ1) is 13.2. The number of allylic oxidation sites excluding steroid dienone is 1. The fraction of sp³-hybridized carbons (Fsp3) is 0.429. The van der Waals surface area contributed by atoms with Crippen LogP contribution in [0, 0.1) is 5.92 Å². The molecular weight excluding hydrogens is 238 g/mol. The van der Waals surface area contributed by atoms with Gasteiger partial charge in [0.25, 0.3) is 5.92 Å². The smallest absolute Gasteiger partial charge is 0.282 e. The first-order valence-corrected chi connectivity index (χ1v) is 5.91. The summed E-state index contributed by atoms with van der Waals surface area (Å²) >= 11 is 0. The minimum absolute atomic E-state index is 0.206. The highest BCUT2D eigenvalue weighted by Gasteiger charge is 2.49. The van der Waals surface area contributed by atoms with E-state index in [0.29, 0.717) is 0 Å². The number of halogens is 2. The molecule has 4 heteroatoms. The first-order chi connectivity index (χ1) is 8.51. The molecule has 1 aromatic carbocycles. The molecule has 0 heterocycles. The third kappa shape index (κ3) is 2.60. The zero-order valence-electron chi connectivity index (χ0n) is 10.1. The summed E-state index contributed by atoms with van der Waals surface area (Å²) in [4.78, 5) is 0. The van der Waals surface area contributed by atoms with Crippen molar-refractivity contribution in [1.29, 1.82) is 0 Å². The van der Waals surface area contributed by atoms with E-state index in [2.05, 4.69) is 0 Å². The standard InChI is InChI=1S/C14H16F2O2/c1-10-7-8-12(13(17)14(10,15)16)18-9-11-5-3-2-4-6-11/h2-8,10,12-13,17H,9H2,1H3/t10-,12+,13+/m1/s1. The predicted octanol–water partition coefficient (Wildman–Crippen LogP) is 2.77. The molecule has 0 bridgehead atoms. The molecule has 1 aliphatic rings. The highest BCUT2D eigenvalue weighted by molar-refractivity contribution is 5.14. The van der Waals surface area contributed by atoms with Gasteiger partial charge in [0.15, 0.2) is 0 Å². The van der Waals surface area contributed by atoms with Crippen molar-refractivity contribution >= 4 is 0 Å². The summed E-state index contributed by atoms with van der Waals surface area (Å²) in [5, 5.41) is 9.62. The molecule has 0 unspecified atom stereocenters. The summed E-state index contributed by atoms with van der Waals surface area (Å²) in [6.07, 6.45) is 0.149. The lowest BCUT2D eigenvalue weighted by Gasteiger charge is -2.34. The van der Waals surface area contributed by atoms with Crippen molar-refractivity contribution < 1.29 is 18.6 Å². The number of hydrogen-bond donors (Lipinski definition) is 1. The van der Waals surface area contributed by atoms with E-state index in [4.69, 9.17) is 4.74 Å². The van der Waals surface area contributed by atoms with Gasteiger partial charge in [-0.15, -0.1) is 0 Å². The van der Waals surface area contributed by atoms with E-state index in [-0.39, 0.29) is 6.61 Å². The van der Waals surface area contributed by atoms with Crippen molar-refractivity contribution in [2.24, 2.45) is 5.92 Å². The van der Waals surface area contributed by atoms with Crippen LogP contribution in [0.3, 0.4) is 0 Å². The number of benzene rings is 1. The highest BCUT2D eigenvalue weighted by Crippen LogP contribution is 2.35. The molecule has 2 nitrogen and oxygen atoms in total. The molecule has 18 heavy (non-hydrogen) atoms. The first-order valence-electron chi connectivity index (χ1n) is 5.91. The van der Waals surface area contributed by atoms with E-state index >= 15 is 0 Å². The van der Waals surface area contributed by atoms with Gasteiger partial charge in [-0.3, -0.25) is 0 Å². The van der Waals surface area contributed by atoms with Crippen molar-refractivity contribution in [2.45, 2.75) is 31.7 Å². The quantitative estimate of drug-likeness (QED) is 0.840. The number of alkyl halides is 2. The lowest BCUT2D eigenvalue weighted by atomic mass is 9.89. The minimum Gasteiger partial charge on any atom is -0.384 e. The Kier molecular flexibility index (Phi) is 3.78. The van der Waals surface area contributed by atoms with Crippen LogP contribution in [0.1, 0.15) is 12.5 Å². The van der Waals surface area contributed by atoms with Crippen LogP contribution >= 0.6 is 0 Å². The van der Waals surface area contributed by atoms with Crippen LogP contribution in [0.25, 0.3) is 0 Å². The molecule has 0 radical (unpaired) electrons. The average Bonchev–Trinajstić information content (AvgIpc) is 2.37. The van der Waals surface area contributed by atoms with Crippen molar-refractivity contribution in [3.8, 4) is 0 Å². The van der Waals surface area contributed by atoms with Gasteiger partial charge in [-0.05, 0) is 5.56 Å². The molecule has 0 aliphatic heterocycles. The molecule has 0 aromatic heterocycles. The second-order valence-electron chi connectivity index (χ2n) is 4.55. The number of aliphatic hydroxyl groups is 1. The van der Waals surface area contributed by atoms with E-state index in [1.165, 1.54) is 19.1 Å². The molecule has 0 spiro atoms. The Labute approximate surface area is 105 Å². The van der Waals surface area contributed by atoms with Crippen LogP contribution in [-0.2, 0) is 11.3 Å². The Balaban J connectivity index is 2.00. The molecule has 98 valence electrons. The van der Waals surface area contributed by atoms with Crippen LogP contribution in [0.2, 0.25) is 0 Å². The molecule has 0 amide bonds. The number of ether oxygens (including phenoxy) is 1. The Hall–Kier alpha value is -1.26. The monoisotopic (exact) mass is 254 g/mol. The van der Waals surface area contributed by atoms with Gasteiger partial charge >= 0.3 is 0 Å². The lowest BCUT2D eigenvalue weighted by molar-refractivity contribution is -0.180. The van der Waals surface area contributed by atoms with Gasteiger partial charge in [-0.25, -0.2) is 8.78 Å². The van der Waals surface area contributed by atoms with E-state index in [1.807, 2.05) is 30.3 Å². The topological polar surface area (TPSA) is 29.5 Å². The van der Waals surface area contributed by atoms with Gasteiger partial charge in [0.1, 0.15) is 12.2 Å². The van der Waals surface area contributed by atoms with Crippen molar-refractivity contribution in [3.05, 3.63) is 48.0 Å². The Morgan fingerprint density at radius 2 is 1.89 bits per heavy atom. The molecule has 0 fully saturated rings. The summed E-state index contributed by atoms with van der Waals surface area (Å²) in [5.41, 5.74) is 0.889. The second-order valence-corrected chi connectivity index (χ2v) is 4.55. The van der Waals surface area contributed by atoms with Gasteiger partial charge in [-0.2, -0.15) is 0 Å². The highest BCUT2D eigenvalue weighted by atomic mass is 19.3. The fourth-order valence-corrected chi connectivity index (χ4v) is 1.91. The predicted molar refractivity (Wildman–Crippen MR) is 64.3 cm³/mol. The van der Waals surface area contributed by atoms with Crippen LogP contribution in [0.5, 0.6) is 0 Å². The molecule has 1 aliphatic carbocycles. The molecule has 0 saturated heterocycles. The number of aliphatic hydroxyl groups excluding tert-OH is 1. The van der Waals surface area contributed by atoms with Crippen LogP contribution in [-0.4, -0.2) is 23.2 Å². The Bertz CT molecular complexity index is 417. The summed E-state index contributed by atoms with van der Waals surface area (Å²) in [6.45, 7) is 1.59. The maximum atomic E-state index is 13.6. The minimum atomic E-state index is -3.14. The van der Waals surface area contributed by atoms with E-state index < -0.39 is 24.0 Å². The lowest BCUT2D eigenvalue weighted by Crippen LogP contribution is -2.49. The van der Waals surface area contributed by atoms with Crippen molar-refractivity contribution in [2.75, 3.05) is 0 Å². The molecule has 0 saturated carbocycles. The molecule has 3 atom stereocenters. The Morgan fingerprint density at radius 1 is 1.22 bits per heavy atom. The zero-order chi connectivity index (χ0) is 13.2. The third-order valence-corrected chi connectivity index (χ3v) is 3.19. The zero-order valence-corrected chi connectivity index (χ0v) is 10.1. The van der Waals surface area contributed by atoms with E-state index in [0.717, 1.165) is 5.56 Å². The maximum Gasteiger partial charge on any atom is 0.282 e. The fourth-order valence-electron chi connectivity index (χ4n) is 1.91. The third-order valence-electron chi connectivity index (χ3n) is 3.19. The second kappa shape index (κ2) is 5.16. The molecule has 1 aromatic rings. The number of hydrogen-bond acceptors (Lipinski definition) is 2. The van der Waals surface area contributed by atoms with Crippen molar-refractivity contribution in [3.63, 3.8) is 0 Å². The van der Waals surface area contributed by atoms with E-state index in [1.54, 1.807) is 0 Å². The SMILES string of the molecule is C[C@@H]1C=C[C@H](OCc2ccccc2)[C@H](O)C1(F)F. The van der Waals surface area contributed by atoms with E-state index in [9.17, 15) is 13.9 Å². The molecular formula is C14H16F2O2. The van der Waals surface area contributed by atoms with Gasteiger partial charge in [0.05, 0.1) is 6.61 Å². The van der Waals surface area contributed by atoms with Crippen LogP contribution in [0.15, 0.2) is 42.5 Å². The summed E-state index contributed by atoms with van der Waals surface area (Å²) in [6, 6.07) is 9.26. The largest absolute Gasteiger partial charge is 0.384 e. The van der Waals surface area contributed by atoms with Crippen LogP contribution < -0.4 is 0 Å². The summed E-state index contributed by atoms with van der Waals surface area (Å²) in [7, 11) is 0. The molecule has 2 rings (SSSR count). The summed E-state index contributed by atoms with van der Waals surface area (Å²) < 4.78 is 32.5. The van der Waals surface area contributed by atoms with Gasteiger partial charge in [-0.1, -0.05) is 49.4 Å². The number of rotatable bonds is 3. The van der Waals surface area contributed by atoms with Gasteiger partial charge < -0.3 is 9.84 Å². The Morgan fingerprint density at radius 3 is 2.56 bits per heavy atom.